The van der Waals surface area contributed by atoms with Gasteiger partial charge in [0.1, 0.15) is 17.2 Å². The lowest BCUT2D eigenvalue weighted by molar-refractivity contribution is 0.392. The topological polar surface area (TPSA) is 44.5 Å². The van der Waals surface area contributed by atoms with Crippen molar-refractivity contribution < 1.29 is 9.47 Å². The molecule has 0 bridgehead atoms. The lowest BCUT2D eigenvalue weighted by atomic mass is 9.82. The highest BCUT2D eigenvalue weighted by atomic mass is 32.1. The second-order valence-corrected chi connectivity index (χ2v) is 4.91. The molecule has 0 radical (unpaired) electrons. The van der Waals surface area contributed by atoms with Gasteiger partial charge in [-0.3, -0.25) is 0 Å². The van der Waals surface area contributed by atoms with Crippen LogP contribution in [0.25, 0.3) is 0 Å². The number of hydrogen-bond donors (Lipinski definition) is 2. The number of para-hydroxylation sites is 1. The Balaban J connectivity index is 2.23. The second-order valence-electron chi connectivity index (χ2n) is 4.59. The molecule has 2 aromatic rings. The molecule has 0 aromatic heterocycles. The third kappa shape index (κ3) is 1.79. The van der Waals surface area contributed by atoms with Gasteiger partial charge in [0.2, 0.25) is 0 Å². The van der Waals surface area contributed by atoms with Gasteiger partial charge in [0.15, 0.2) is 0 Å². The molecule has 0 saturated carbocycles. The van der Waals surface area contributed by atoms with E-state index in [1.54, 1.807) is 7.11 Å². The number of benzene rings is 2. The predicted octanol–water partition coefficient (Wildman–Crippen LogP) is 2.93. The number of hydrogen-bond acceptors (Lipinski definition) is 4. The molecule has 4 heteroatoms. The van der Waals surface area contributed by atoms with E-state index in [2.05, 4.69) is 12.6 Å². The molecule has 3 nitrogen and oxygen atoms in total. The number of methoxy groups -OCH3 is 1. The second kappa shape index (κ2) is 4.47. The molecule has 1 aliphatic heterocycles. The summed E-state index contributed by atoms with van der Waals surface area (Å²) < 4.78 is 11.2. The smallest absolute Gasteiger partial charge is 0.136 e. The molecule has 0 amide bonds. The molecular weight excluding hydrogens is 258 g/mol. The molecule has 0 spiro atoms. The van der Waals surface area contributed by atoms with E-state index >= 15 is 0 Å². The largest absolute Gasteiger partial charge is 0.497 e. The minimum absolute atomic E-state index is 0.507. The summed E-state index contributed by atoms with van der Waals surface area (Å²) in [6, 6.07) is 13.5. The predicted molar refractivity (Wildman–Crippen MR) is 78.3 cm³/mol. The van der Waals surface area contributed by atoms with Crippen molar-refractivity contribution in [2.75, 3.05) is 12.9 Å². The fourth-order valence-corrected chi connectivity index (χ4v) is 2.78. The van der Waals surface area contributed by atoms with E-state index in [9.17, 15) is 0 Å². The van der Waals surface area contributed by atoms with Gasteiger partial charge in [0, 0.05) is 22.9 Å². The highest BCUT2D eigenvalue weighted by Crippen LogP contribution is 2.46. The highest BCUT2D eigenvalue weighted by molar-refractivity contribution is 7.80. The van der Waals surface area contributed by atoms with Crippen LogP contribution in [-0.4, -0.2) is 12.9 Å². The maximum absolute atomic E-state index is 6.58. The van der Waals surface area contributed by atoms with Crippen LogP contribution in [0.5, 0.6) is 17.2 Å². The Morgan fingerprint density at radius 3 is 2.63 bits per heavy atom. The van der Waals surface area contributed by atoms with Gasteiger partial charge in [0.25, 0.3) is 0 Å². The van der Waals surface area contributed by atoms with Gasteiger partial charge in [-0.2, -0.15) is 12.6 Å². The molecule has 19 heavy (non-hydrogen) atoms. The van der Waals surface area contributed by atoms with Crippen LogP contribution >= 0.6 is 12.6 Å². The Kier molecular flexibility index (Phi) is 2.92. The number of ether oxygens (including phenoxy) is 2. The van der Waals surface area contributed by atoms with Crippen LogP contribution in [0.1, 0.15) is 11.1 Å². The van der Waals surface area contributed by atoms with E-state index in [0.717, 1.165) is 28.4 Å². The number of fused-ring (bicyclic) bond motifs is 2. The average Bonchev–Trinajstić information content (AvgIpc) is 2.47. The normalized spacial score (nSPS) is 20.2. The van der Waals surface area contributed by atoms with Gasteiger partial charge in [-0.15, -0.1) is 0 Å². The van der Waals surface area contributed by atoms with E-state index in [1.807, 2.05) is 42.5 Å². The van der Waals surface area contributed by atoms with Crippen molar-refractivity contribution in [3.05, 3.63) is 53.6 Å². The van der Waals surface area contributed by atoms with Crippen LogP contribution in [0.3, 0.4) is 0 Å². The van der Waals surface area contributed by atoms with Crippen LogP contribution in [0.2, 0.25) is 0 Å². The van der Waals surface area contributed by atoms with Crippen LogP contribution in [-0.2, 0) is 5.54 Å². The van der Waals surface area contributed by atoms with Gasteiger partial charge < -0.3 is 15.2 Å². The Morgan fingerprint density at radius 1 is 1.16 bits per heavy atom. The van der Waals surface area contributed by atoms with Crippen molar-refractivity contribution >= 4 is 12.6 Å². The monoisotopic (exact) mass is 273 g/mol. The molecule has 3 rings (SSSR count). The van der Waals surface area contributed by atoms with Gasteiger partial charge in [-0.1, -0.05) is 18.2 Å². The van der Waals surface area contributed by atoms with Gasteiger partial charge >= 0.3 is 0 Å². The molecule has 1 atom stereocenters. The van der Waals surface area contributed by atoms with Crippen molar-refractivity contribution in [2.45, 2.75) is 5.54 Å². The fraction of sp³-hybridized carbons (Fsp3) is 0.200. The summed E-state index contributed by atoms with van der Waals surface area (Å²) >= 11 is 4.44. The van der Waals surface area contributed by atoms with E-state index in [0.29, 0.717) is 5.75 Å². The summed E-state index contributed by atoms with van der Waals surface area (Å²) in [6.45, 7) is 0. The first-order chi connectivity index (χ1) is 9.19. The minimum Gasteiger partial charge on any atom is -0.497 e. The fourth-order valence-electron chi connectivity index (χ4n) is 2.44. The summed E-state index contributed by atoms with van der Waals surface area (Å²) in [5, 5.41) is 0. The quantitative estimate of drug-likeness (QED) is 0.827. The average molecular weight is 273 g/mol. The van der Waals surface area contributed by atoms with Crippen molar-refractivity contribution in [3.8, 4) is 17.2 Å². The number of rotatable bonds is 2. The van der Waals surface area contributed by atoms with Crippen molar-refractivity contribution in [2.24, 2.45) is 5.73 Å². The Hall–Kier alpha value is -1.65. The Labute approximate surface area is 117 Å². The van der Waals surface area contributed by atoms with E-state index < -0.39 is 5.54 Å². The molecule has 2 N–H and O–H groups in total. The summed E-state index contributed by atoms with van der Waals surface area (Å²) in [4.78, 5) is 0. The third-order valence-corrected chi connectivity index (χ3v) is 4.01. The Bertz CT molecular complexity index is 629. The molecule has 0 aliphatic carbocycles. The maximum atomic E-state index is 6.58. The third-order valence-electron chi connectivity index (χ3n) is 3.51. The SMILES string of the molecule is COc1ccc2c(c1)Oc1ccccc1C2(N)CS. The minimum atomic E-state index is -0.639. The van der Waals surface area contributed by atoms with Gasteiger partial charge in [0.05, 0.1) is 12.6 Å². The van der Waals surface area contributed by atoms with E-state index in [-0.39, 0.29) is 0 Å². The zero-order valence-corrected chi connectivity index (χ0v) is 11.5. The first-order valence-electron chi connectivity index (χ1n) is 6.04. The molecule has 98 valence electrons. The zero-order valence-electron chi connectivity index (χ0n) is 10.6. The van der Waals surface area contributed by atoms with Crippen LogP contribution in [0.4, 0.5) is 0 Å². The van der Waals surface area contributed by atoms with E-state index in [1.165, 1.54) is 0 Å². The summed E-state index contributed by atoms with van der Waals surface area (Å²) in [5.41, 5.74) is 7.83. The number of nitrogens with two attached hydrogens (primary N) is 1. The van der Waals surface area contributed by atoms with Gasteiger partial charge in [-0.25, -0.2) is 0 Å². The standard InChI is InChI=1S/C15H15NO2S/c1-17-10-6-7-12-14(8-10)18-13-5-3-2-4-11(13)15(12,16)9-19/h2-8,19H,9,16H2,1H3. The lowest BCUT2D eigenvalue weighted by Crippen LogP contribution is -2.42. The van der Waals surface area contributed by atoms with Gasteiger partial charge in [-0.05, 0) is 18.2 Å². The van der Waals surface area contributed by atoms with Crippen molar-refractivity contribution in [1.29, 1.82) is 0 Å². The molecule has 1 aliphatic rings. The highest BCUT2D eigenvalue weighted by Gasteiger charge is 2.37. The summed E-state index contributed by atoms with van der Waals surface area (Å²) in [5.74, 6) is 2.77. The zero-order chi connectivity index (χ0) is 13.5. The lowest BCUT2D eigenvalue weighted by Gasteiger charge is -2.36. The number of thiol groups is 1. The van der Waals surface area contributed by atoms with Crippen LogP contribution in [0.15, 0.2) is 42.5 Å². The molecule has 0 saturated heterocycles. The first-order valence-corrected chi connectivity index (χ1v) is 6.68. The molecule has 2 aromatic carbocycles. The van der Waals surface area contributed by atoms with Crippen molar-refractivity contribution in [1.82, 2.24) is 0 Å². The molecule has 1 unspecified atom stereocenters. The maximum Gasteiger partial charge on any atom is 0.136 e. The summed E-state index contributed by atoms with van der Waals surface area (Å²) in [7, 11) is 1.63. The molecular formula is C15H15NO2S. The first kappa shape index (κ1) is 12.4. The Morgan fingerprint density at radius 2 is 1.89 bits per heavy atom. The van der Waals surface area contributed by atoms with Crippen LogP contribution < -0.4 is 15.2 Å². The van der Waals surface area contributed by atoms with Crippen molar-refractivity contribution in [3.63, 3.8) is 0 Å². The molecule has 1 heterocycles. The van der Waals surface area contributed by atoms with Crippen LogP contribution in [0, 0.1) is 0 Å². The molecule has 0 fully saturated rings. The van der Waals surface area contributed by atoms with E-state index in [4.69, 9.17) is 15.2 Å². The summed E-state index contributed by atoms with van der Waals surface area (Å²) in [6.07, 6.45) is 0.